The summed E-state index contributed by atoms with van der Waals surface area (Å²) in [4.78, 5) is 23.8. The van der Waals surface area contributed by atoms with E-state index in [1.165, 1.54) is 12.2 Å². The van der Waals surface area contributed by atoms with Gasteiger partial charge in [-0.2, -0.15) is 0 Å². The van der Waals surface area contributed by atoms with Gasteiger partial charge in [-0.15, -0.1) is 12.4 Å². The van der Waals surface area contributed by atoms with Gasteiger partial charge in [0.15, 0.2) is 0 Å². The second kappa shape index (κ2) is 25.9. The standard InChI is InChI=1S/C22H40N2O10.ClH/c23-3-5-27-7-9-29-11-13-31-15-17-33-19-20-34-18-16-32-14-12-30-10-8-28-6-4-24-21(25)1-2-22(24)26;/h1-2H,3-20,23H2;1H. The average Bonchev–Trinajstić information content (AvgIpc) is 3.16. The Bertz CT molecular complexity index is 524. The fourth-order valence-electron chi connectivity index (χ4n) is 2.53. The fraction of sp³-hybridized carbons (Fsp3) is 0.818. The summed E-state index contributed by atoms with van der Waals surface area (Å²) < 4.78 is 42.9. The smallest absolute Gasteiger partial charge is 0.253 e. The maximum atomic E-state index is 11.3. The van der Waals surface area contributed by atoms with Gasteiger partial charge in [0.25, 0.3) is 11.8 Å². The lowest BCUT2D eigenvalue weighted by atomic mass is 10.5. The van der Waals surface area contributed by atoms with E-state index in [0.29, 0.717) is 106 Å². The highest BCUT2D eigenvalue weighted by atomic mass is 35.5. The Morgan fingerprint density at radius 3 is 1.03 bits per heavy atom. The molecule has 2 amide bonds. The zero-order valence-electron chi connectivity index (χ0n) is 20.4. The Hall–Kier alpha value is -1.19. The molecule has 0 aliphatic carbocycles. The molecule has 0 unspecified atom stereocenters. The van der Waals surface area contributed by atoms with Gasteiger partial charge in [0.05, 0.1) is 112 Å². The van der Waals surface area contributed by atoms with Crippen LogP contribution in [0.3, 0.4) is 0 Å². The summed E-state index contributed by atoms with van der Waals surface area (Å²) in [5.41, 5.74) is 5.31. The summed E-state index contributed by atoms with van der Waals surface area (Å²) in [6.45, 7) is 8.42. The maximum Gasteiger partial charge on any atom is 0.253 e. The number of amides is 2. The van der Waals surface area contributed by atoms with Crippen molar-refractivity contribution in [2.24, 2.45) is 5.73 Å². The Labute approximate surface area is 213 Å². The second-order valence-corrected chi connectivity index (χ2v) is 6.85. The van der Waals surface area contributed by atoms with Gasteiger partial charge in [0.1, 0.15) is 0 Å². The summed E-state index contributed by atoms with van der Waals surface area (Å²) >= 11 is 0. The van der Waals surface area contributed by atoms with Gasteiger partial charge < -0.3 is 43.6 Å². The molecule has 1 rings (SSSR count). The van der Waals surface area contributed by atoms with Crippen LogP contribution in [0.2, 0.25) is 0 Å². The molecule has 35 heavy (non-hydrogen) atoms. The number of imide groups is 1. The molecule has 13 heteroatoms. The molecule has 0 radical (unpaired) electrons. The van der Waals surface area contributed by atoms with E-state index in [4.69, 9.17) is 43.6 Å². The topological polar surface area (TPSA) is 137 Å². The lowest BCUT2D eigenvalue weighted by molar-refractivity contribution is -0.137. The van der Waals surface area contributed by atoms with Crippen LogP contribution in [0, 0.1) is 0 Å². The molecule has 0 spiro atoms. The number of hydrogen-bond donors (Lipinski definition) is 1. The SMILES string of the molecule is Cl.NCCOCCOCCOCCOCCOCCOCCOCCOCCN1C(=O)C=CC1=O. The van der Waals surface area contributed by atoms with E-state index >= 15 is 0 Å². The lowest BCUT2D eigenvalue weighted by Crippen LogP contribution is -2.33. The second-order valence-electron chi connectivity index (χ2n) is 6.85. The minimum Gasteiger partial charge on any atom is -0.378 e. The largest absolute Gasteiger partial charge is 0.378 e. The zero-order chi connectivity index (χ0) is 24.5. The van der Waals surface area contributed by atoms with Crippen molar-refractivity contribution in [1.29, 1.82) is 0 Å². The number of carbonyl (C=O) groups excluding carboxylic acids is 2. The molecule has 2 N–H and O–H groups in total. The molecule has 1 heterocycles. The summed E-state index contributed by atoms with van der Waals surface area (Å²) in [7, 11) is 0. The monoisotopic (exact) mass is 528 g/mol. The van der Waals surface area contributed by atoms with E-state index < -0.39 is 0 Å². The van der Waals surface area contributed by atoms with Crippen LogP contribution in [0.5, 0.6) is 0 Å². The van der Waals surface area contributed by atoms with Gasteiger partial charge in [-0.1, -0.05) is 0 Å². The molecule has 0 bridgehead atoms. The van der Waals surface area contributed by atoms with Crippen molar-refractivity contribution in [3.8, 4) is 0 Å². The number of carbonyl (C=O) groups is 2. The van der Waals surface area contributed by atoms with E-state index in [2.05, 4.69) is 0 Å². The highest BCUT2D eigenvalue weighted by Crippen LogP contribution is 2.02. The molecular formula is C22H41ClN2O10. The number of nitrogens with zero attached hydrogens (tertiary/aromatic N) is 1. The van der Waals surface area contributed by atoms with Crippen LogP contribution in [0.1, 0.15) is 0 Å². The van der Waals surface area contributed by atoms with Gasteiger partial charge in [-0.3, -0.25) is 14.5 Å². The van der Waals surface area contributed by atoms with Gasteiger partial charge in [-0.25, -0.2) is 0 Å². The summed E-state index contributed by atoms with van der Waals surface area (Å²) in [5.74, 6) is -0.606. The van der Waals surface area contributed by atoms with Crippen LogP contribution < -0.4 is 5.73 Å². The predicted molar refractivity (Wildman–Crippen MR) is 129 cm³/mol. The van der Waals surface area contributed by atoms with Crippen LogP contribution in [-0.4, -0.2) is 136 Å². The molecule has 0 aromatic rings. The molecule has 0 fully saturated rings. The van der Waals surface area contributed by atoms with Crippen molar-refractivity contribution in [3.63, 3.8) is 0 Å². The zero-order valence-corrected chi connectivity index (χ0v) is 21.2. The van der Waals surface area contributed by atoms with Crippen molar-refractivity contribution < 1.29 is 47.5 Å². The first-order valence-electron chi connectivity index (χ1n) is 11.6. The van der Waals surface area contributed by atoms with Gasteiger partial charge in [0.2, 0.25) is 0 Å². The summed E-state index contributed by atoms with van der Waals surface area (Å²) in [6, 6.07) is 0. The molecule has 0 aromatic heterocycles. The van der Waals surface area contributed by atoms with E-state index in [9.17, 15) is 9.59 Å². The number of ether oxygens (including phenoxy) is 8. The van der Waals surface area contributed by atoms with E-state index in [1.54, 1.807) is 0 Å². The van der Waals surface area contributed by atoms with Gasteiger partial charge >= 0.3 is 0 Å². The first-order chi connectivity index (χ1) is 16.8. The van der Waals surface area contributed by atoms with Crippen molar-refractivity contribution in [2.75, 3.05) is 119 Å². The summed E-state index contributed by atoms with van der Waals surface area (Å²) in [5, 5.41) is 0. The van der Waals surface area contributed by atoms with Crippen molar-refractivity contribution in [1.82, 2.24) is 4.90 Å². The molecule has 1 aliphatic heterocycles. The molecule has 0 saturated carbocycles. The highest BCUT2D eigenvalue weighted by Gasteiger charge is 2.22. The van der Waals surface area contributed by atoms with Crippen LogP contribution in [-0.2, 0) is 47.5 Å². The van der Waals surface area contributed by atoms with Crippen LogP contribution in [0.15, 0.2) is 12.2 Å². The van der Waals surface area contributed by atoms with Gasteiger partial charge in [-0.05, 0) is 0 Å². The fourth-order valence-corrected chi connectivity index (χ4v) is 2.53. The van der Waals surface area contributed by atoms with Crippen molar-refractivity contribution in [2.45, 2.75) is 0 Å². The Kier molecular flexibility index (Phi) is 25.0. The predicted octanol–water partition coefficient (Wildman–Crippen LogP) is -0.575. The minimum atomic E-state index is -0.303. The third-order valence-electron chi connectivity index (χ3n) is 4.23. The average molecular weight is 529 g/mol. The molecule has 0 saturated heterocycles. The van der Waals surface area contributed by atoms with E-state index in [1.807, 2.05) is 0 Å². The Morgan fingerprint density at radius 1 is 0.486 bits per heavy atom. The first-order valence-corrected chi connectivity index (χ1v) is 11.6. The quantitative estimate of drug-likeness (QED) is 0.114. The van der Waals surface area contributed by atoms with Crippen molar-refractivity contribution >= 4 is 24.2 Å². The lowest BCUT2D eigenvalue weighted by Gasteiger charge is -2.13. The number of nitrogens with two attached hydrogens (primary N) is 1. The summed E-state index contributed by atoms with van der Waals surface area (Å²) in [6.07, 6.45) is 2.51. The van der Waals surface area contributed by atoms with E-state index in [0.717, 1.165) is 4.90 Å². The molecule has 0 aromatic carbocycles. The number of halogens is 1. The molecule has 1 aliphatic rings. The maximum absolute atomic E-state index is 11.3. The molecule has 0 atom stereocenters. The third-order valence-corrected chi connectivity index (χ3v) is 4.23. The molecular weight excluding hydrogens is 488 g/mol. The van der Waals surface area contributed by atoms with E-state index in [-0.39, 0.29) is 37.4 Å². The Morgan fingerprint density at radius 2 is 0.743 bits per heavy atom. The molecule has 12 nitrogen and oxygen atoms in total. The minimum absolute atomic E-state index is 0. The highest BCUT2D eigenvalue weighted by molar-refractivity contribution is 6.12. The van der Waals surface area contributed by atoms with Crippen molar-refractivity contribution in [3.05, 3.63) is 12.2 Å². The van der Waals surface area contributed by atoms with Crippen LogP contribution in [0.4, 0.5) is 0 Å². The molecule has 206 valence electrons. The number of rotatable bonds is 26. The Balaban J connectivity index is 0.0000116. The number of hydrogen-bond acceptors (Lipinski definition) is 11. The van der Waals surface area contributed by atoms with Gasteiger partial charge in [0, 0.05) is 18.7 Å². The van der Waals surface area contributed by atoms with Crippen LogP contribution >= 0.6 is 12.4 Å². The van der Waals surface area contributed by atoms with Crippen LogP contribution in [0.25, 0.3) is 0 Å². The third kappa shape index (κ3) is 20.7. The normalized spacial score (nSPS) is 13.1. The first kappa shape index (κ1) is 33.8.